The number of hydrogen-bond acceptors (Lipinski definition) is 5. The molecule has 0 radical (unpaired) electrons. The Morgan fingerprint density at radius 1 is 0.489 bits per heavy atom. The summed E-state index contributed by atoms with van der Waals surface area (Å²) in [5, 5.41) is 5.56. The van der Waals surface area contributed by atoms with E-state index in [1.165, 1.54) is 66.8 Å². The molecule has 0 aliphatic carbocycles. The molecule has 5 aromatic carbocycles. The van der Waals surface area contributed by atoms with Gasteiger partial charge in [-0.05, 0) is 56.2 Å². The van der Waals surface area contributed by atoms with Crippen LogP contribution in [0.15, 0.2) is 115 Å². The fourth-order valence-electron chi connectivity index (χ4n) is 5.60. The second kappa shape index (κ2) is 15.6. The van der Waals surface area contributed by atoms with Crippen molar-refractivity contribution in [2.45, 2.75) is 43.1 Å². The first-order valence-corrected chi connectivity index (χ1v) is 17.2. The van der Waals surface area contributed by atoms with E-state index in [4.69, 9.17) is 9.47 Å². The van der Waals surface area contributed by atoms with Crippen molar-refractivity contribution >= 4 is 74.4 Å². The van der Waals surface area contributed by atoms with Crippen molar-refractivity contribution in [3.05, 3.63) is 131 Å². The number of benzene rings is 5. The largest absolute Gasteiger partial charge is 0.485 e. The van der Waals surface area contributed by atoms with Gasteiger partial charge in [-0.3, -0.25) is 0 Å². The zero-order valence-corrected chi connectivity index (χ0v) is 27.4. The molecular formula is C42H44O2S3. The van der Waals surface area contributed by atoms with E-state index in [1.807, 2.05) is 40.9 Å². The van der Waals surface area contributed by atoms with Gasteiger partial charge >= 0.3 is 0 Å². The molecule has 8 aromatic rings. The third-order valence-electron chi connectivity index (χ3n) is 7.73. The minimum atomic E-state index is 0. The van der Waals surface area contributed by atoms with Crippen molar-refractivity contribution in [1.82, 2.24) is 0 Å². The summed E-state index contributed by atoms with van der Waals surface area (Å²) < 4.78 is 16.9. The van der Waals surface area contributed by atoms with E-state index in [-0.39, 0.29) is 22.3 Å². The summed E-state index contributed by atoms with van der Waals surface area (Å²) in [4.78, 5) is 2.36. The zero-order valence-electron chi connectivity index (χ0n) is 24.9. The van der Waals surface area contributed by atoms with Crippen molar-refractivity contribution in [2.75, 3.05) is 13.2 Å². The van der Waals surface area contributed by atoms with Crippen LogP contribution in [0, 0.1) is 20.8 Å². The molecule has 0 N–H and O–H groups in total. The van der Waals surface area contributed by atoms with Crippen LogP contribution in [0.2, 0.25) is 0 Å². The highest BCUT2D eigenvalue weighted by Gasteiger charge is 2.22. The van der Waals surface area contributed by atoms with Gasteiger partial charge in [0.2, 0.25) is 0 Å². The molecule has 0 saturated heterocycles. The summed E-state index contributed by atoms with van der Waals surface area (Å²) in [7, 11) is 0. The molecule has 47 heavy (non-hydrogen) atoms. The first kappa shape index (κ1) is 35.7. The van der Waals surface area contributed by atoms with E-state index in [9.17, 15) is 0 Å². The molecule has 0 unspecified atom stereocenters. The number of aryl methyl sites for hydroxylation is 3. The van der Waals surface area contributed by atoms with Crippen molar-refractivity contribution < 1.29 is 9.47 Å². The van der Waals surface area contributed by atoms with Gasteiger partial charge in [-0.15, -0.1) is 34.0 Å². The monoisotopic (exact) mass is 676 g/mol. The van der Waals surface area contributed by atoms with Crippen LogP contribution in [0.3, 0.4) is 0 Å². The first-order chi connectivity index (χ1) is 21.6. The maximum absolute atomic E-state index is 5.72. The molecule has 1 aliphatic rings. The normalized spacial score (nSPS) is 11.4. The van der Waals surface area contributed by atoms with Crippen LogP contribution >= 0.6 is 34.0 Å². The Kier molecular flexibility index (Phi) is 11.9. The Hall–Kier alpha value is -4.16. The van der Waals surface area contributed by atoms with Crippen molar-refractivity contribution in [3.63, 3.8) is 0 Å². The lowest BCUT2D eigenvalue weighted by molar-refractivity contribution is 0.173. The van der Waals surface area contributed by atoms with Gasteiger partial charge in [0.15, 0.2) is 11.5 Å². The second-order valence-corrected chi connectivity index (χ2v) is 14.2. The molecular weight excluding hydrogens is 633 g/mol. The molecule has 0 amide bonds. The molecule has 9 rings (SSSR count). The van der Waals surface area contributed by atoms with Gasteiger partial charge in [0.1, 0.15) is 13.2 Å². The molecule has 1 aliphatic heterocycles. The third kappa shape index (κ3) is 7.23. The molecule has 3 aromatic heterocycles. The number of ether oxygens (including phenoxy) is 2. The SMILES string of the molecule is C.C.C.Cc1ccc2sc3ccccc3c2c1.Cc1cccc2c1sc1ccccc12.Cc1sc(-c2ccccc2)c2c1OCCO2. The van der Waals surface area contributed by atoms with Gasteiger partial charge in [0.25, 0.3) is 0 Å². The van der Waals surface area contributed by atoms with Crippen LogP contribution in [0.4, 0.5) is 0 Å². The van der Waals surface area contributed by atoms with Gasteiger partial charge in [-0.2, -0.15) is 0 Å². The lowest BCUT2D eigenvalue weighted by atomic mass is 10.1. The number of fused-ring (bicyclic) bond motifs is 7. The smallest absolute Gasteiger partial charge is 0.180 e. The van der Waals surface area contributed by atoms with Crippen LogP contribution in [0.5, 0.6) is 11.5 Å². The average Bonchev–Trinajstić information content (AvgIpc) is 3.74. The number of thiophene rings is 3. The van der Waals surface area contributed by atoms with Crippen molar-refractivity contribution in [1.29, 1.82) is 0 Å². The lowest BCUT2D eigenvalue weighted by Gasteiger charge is -2.16. The highest BCUT2D eigenvalue weighted by molar-refractivity contribution is 7.26. The van der Waals surface area contributed by atoms with Crippen molar-refractivity contribution in [3.8, 4) is 21.9 Å². The van der Waals surface area contributed by atoms with Gasteiger partial charge in [-0.25, -0.2) is 0 Å². The van der Waals surface area contributed by atoms with Gasteiger partial charge in [0, 0.05) is 45.2 Å². The third-order valence-corrected chi connectivity index (χ3v) is 11.3. The maximum Gasteiger partial charge on any atom is 0.180 e. The minimum Gasteiger partial charge on any atom is -0.485 e. The van der Waals surface area contributed by atoms with Crippen LogP contribution in [-0.2, 0) is 0 Å². The Morgan fingerprint density at radius 2 is 1.06 bits per heavy atom. The molecule has 0 bridgehead atoms. The molecule has 0 fully saturated rings. The van der Waals surface area contributed by atoms with Crippen LogP contribution < -0.4 is 9.47 Å². The fraction of sp³-hybridized carbons (Fsp3) is 0.190. The molecule has 2 nitrogen and oxygen atoms in total. The Bertz CT molecular complexity index is 2210. The average molecular weight is 677 g/mol. The molecule has 242 valence electrons. The first-order valence-electron chi connectivity index (χ1n) is 14.8. The molecule has 4 heterocycles. The Labute approximate surface area is 291 Å². The highest BCUT2D eigenvalue weighted by atomic mass is 32.1. The summed E-state index contributed by atoms with van der Waals surface area (Å²) in [5.74, 6) is 1.84. The Morgan fingerprint density at radius 3 is 1.79 bits per heavy atom. The van der Waals surface area contributed by atoms with Crippen molar-refractivity contribution in [2.24, 2.45) is 0 Å². The molecule has 5 heteroatoms. The van der Waals surface area contributed by atoms with Gasteiger partial charge in [-0.1, -0.05) is 119 Å². The van der Waals surface area contributed by atoms with E-state index < -0.39 is 0 Å². The van der Waals surface area contributed by atoms with Crippen LogP contribution in [-0.4, -0.2) is 13.2 Å². The maximum atomic E-state index is 5.72. The number of rotatable bonds is 1. The van der Waals surface area contributed by atoms with Gasteiger partial charge in [0.05, 0.1) is 4.88 Å². The molecule has 0 saturated carbocycles. The Balaban J connectivity index is 0.000000155. The summed E-state index contributed by atoms with van der Waals surface area (Å²) in [5.41, 5.74) is 3.91. The summed E-state index contributed by atoms with van der Waals surface area (Å²) in [6.45, 7) is 7.69. The predicted molar refractivity (Wildman–Crippen MR) is 214 cm³/mol. The second-order valence-electron chi connectivity index (χ2n) is 10.9. The van der Waals surface area contributed by atoms with E-state index in [0.29, 0.717) is 13.2 Å². The topological polar surface area (TPSA) is 18.5 Å². The summed E-state index contributed by atoms with van der Waals surface area (Å²) in [6, 6.07) is 40.7. The summed E-state index contributed by atoms with van der Waals surface area (Å²) in [6.07, 6.45) is 0. The molecule has 0 atom stereocenters. The van der Waals surface area contributed by atoms with E-state index in [2.05, 4.69) is 118 Å². The highest BCUT2D eigenvalue weighted by Crippen LogP contribution is 2.48. The number of hydrogen-bond donors (Lipinski definition) is 0. The quantitative estimate of drug-likeness (QED) is 0.172. The lowest BCUT2D eigenvalue weighted by Crippen LogP contribution is -2.14. The zero-order chi connectivity index (χ0) is 30.0. The van der Waals surface area contributed by atoms with E-state index in [1.54, 1.807) is 11.3 Å². The van der Waals surface area contributed by atoms with Crippen LogP contribution in [0.25, 0.3) is 50.8 Å². The van der Waals surface area contributed by atoms with E-state index >= 15 is 0 Å². The van der Waals surface area contributed by atoms with Gasteiger partial charge < -0.3 is 9.47 Å². The predicted octanol–water partition coefficient (Wildman–Crippen LogP) is 14.1. The van der Waals surface area contributed by atoms with E-state index in [0.717, 1.165) is 11.5 Å². The van der Waals surface area contributed by atoms with Crippen LogP contribution in [0.1, 0.15) is 38.3 Å². The fourth-order valence-corrected chi connectivity index (χ4v) is 8.91. The summed E-state index contributed by atoms with van der Waals surface area (Å²) >= 11 is 5.49. The molecule has 0 spiro atoms. The minimum absolute atomic E-state index is 0. The standard InChI is InChI=1S/C13H12O2S.2C13H10S.3CH4/c1-9-11-12(15-8-7-14-11)13(16-9)10-5-3-2-4-6-10;1-9-5-4-7-11-10-6-2-3-8-12(10)14-13(9)11;1-9-6-7-13-11(8-9)10-4-2-3-5-12(10)14-13;;;/h2-6H,7-8H2,1H3;2*2-8H,1H3;3*1H4.